The second kappa shape index (κ2) is 6.11. The van der Waals surface area contributed by atoms with Crippen LogP contribution in [0.15, 0.2) is 48.1 Å². The molecule has 2 aromatic heterocycles. The summed E-state index contributed by atoms with van der Waals surface area (Å²) in [5, 5.41) is 2.06. The van der Waals surface area contributed by atoms with Gasteiger partial charge in [-0.2, -0.15) is 0 Å². The highest BCUT2D eigenvalue weighted by Gasteiger charge is 2.09. The summed E-state index contributed by atoms with van der Waals surface area (Å²) in [7, 11) is 1.67. The zero-order valence-electron chi connectivity index (χ0n) is 11.8. The highest BCUT2D eigenvalue weighted by molar-refractivity contribution is 7.13. The van der Waals surface area contributed by atoms with E-state index >= 15 is 0 Å². The second-order valence-electron chi connectivity index (χ2n) is 4.71. The van der Waals surface area contributed by atoms with Crippen LogP contribution in [0.2, 0.25) is 0 Å². The normalized spacial score (nSPS) is 10.8. The summed E-state index contributed by atoms with van der Waals surface area (Å²) in [6.07, 6.45) is 3.83. The first-order valence-electron chi connectivity index (χ1n) is 6.72. The van der Waals surface area contributed by atoms with E-state index in [1.165, 1.54) is 10.4 Å². The van der Waals surface area contributed by atoms with E-state index in [2.05, 4.69) is 27.1 Å². The Labute approximate surface area is 127 Å². The fourth-order valence-electron chi connectivity index (χ4n) is 2.32. The van der Waals surface area contributed by atoms with Crippen LogP contribution in [-0.4, -0.2) is 16.7 Å². The van der Waals surface area contributed by atoms with Gasteiger partial charge in [0.05, 0.1) is 12.0 Å². The monoisotopic (exact) mass is 299 g/mol. The van der Waals surface area contributed by atoms with E-state index < -0.39 is 0 Å². The third-order valence-corrected chi connectivity index (χ3v) is 4.25. The molecule has 0 aliphatic rings. The van der Waals surface area contributed by atoms with E-state index in [0.29, 0.717) is 6.54 Å². The lowest BCUT2D eigenvalue weighted by atomic mass is 10.1. The number of imidazole rings is 1. The molecule has 0 radical (unpaired) electrons. The van der Waals surface area contributed by atoms with Crippen molar-refractivity contribution in [2.75, 3.05) is 7.11 Å². The van der Waals surface area contributed by atoms with Crippen molar-refractivity contribution in [2.45, 2.75) is 13.1 Å². The molecule has 1 aromatic carbocycles. The van der Waals surface area contributed by atoms with Gasteiger partial charge in [0.1, 0.15) is 11.6 Å². The largest absolute Gasteiger partial charge is 0.496 e. The molecule has 5 heteroatoms. The van der Waals surface area contributed by atoms with Crippen molar-refractivity contribution in [3.63, 3.8) is 0 Å². The number of rotatable bonds is 5. The molecule has 0 unspecified atom stereocenters. The summed E-state index contributed by atoms with van der Waals surface area (Å²) >= 11 is 1.69. The van der Waals surface area contributed by atoms with Crippen molar-refractivity contribution >= 4 is 11.3 Å². The molecule has 0 fully saturated rings. The number of hydrogen-bond acceptors (Lipinski definition) is 4. The Morgan fingerprint density at radius 3 is 2.95 bits per heavy atom. The molecular weight excluding hydrogens is 282 g/mol. The number of thiophene rings is 1. The maximum absolute atomic E-state index is 5.71. The average Bonchev–Trinajstić information content (AvgIpc) is 3.17. The van der Waals surface area contributed by atoms with Gasteiger partial charge >= 0.3 is 0 Å². The predicted molar refractivity (Wildman–Crippen MR) is 85.5 cm³/mol. The quantitative estimate of drug-likeness (QED) is 0.787. The SMILES string of the molecule is COc1cc(Cn2ccnc2-c2cccs2)ccc1CN. The van der Waals surface area contributed by atoms with Gasteiger partial charge in [-0.25, -0.2) is 4.98 Å². The minimum Gasteiger partial charge on any atom is -0.496 e. The second-order valence-corrected chi connectivity index (χ2v) is 5.65. The fourth-order valence-corrected chi connectivity index (χ4v) is 3.06. The Balaban J connectivity index is 1.89. The lowest BCUT2D eigenvalue weighted by molar-refractivity contribution is 0.409. The topological polar surface area (TPSA) is 53.1 Å². The molecule has 3 rings (SSSR count). The van der Waals surface area contributed by atoms with Crippen molar-refractivity contribution in [3.05, 3.63) is 59.2 Å². The summed E-state index contributed by atoms with van der Waals surface area (Å²) in [6.45, 7) is 1.24. The highest BCUT2D eigenvalue weighted by atomic mass is 32.1. The molecule has 3 aromatic rings. The van der Waals surface area contributed by atoms with E-state index in [4.69, 9.17) is 10.5 Å². The minimum atomic E-state index is 0.481. The Bertz CT molecular complexity index is 719. The Morgan fingerprint density at radius 1 is 1.33 bits per heavy atom. The fraction of sp³-hybridized carbons (Fsp3) is 0.188. The van der Waals surface area contributed by atoms with Crippen molar-refractivity contribution in [1.29, 1.82) is 0 Å². The molecule has 0 aliphatic heterocycles. The first-order valence-corrected chi connectivity index (χ1v) is 7.60. The summed E-state index contributed by atoms with van der Waals surface area (Å²) in [5.41, 5.74) is 7.89. The molecule has 2 heterocycles. The molecule has 0 atom stereocenters. The number of aromatic nitrogens is 2. The number of nitrogens with two attached hydrogens (primary N) is 1. The lowest BCUT2D eigenvalue weighted by Gasteiger charge is -2.11. The molecule has 108 valence electrons. The third-order valence-electron chi connectivity index (χ3n) is 3.38. The molecular formula is C16H17N3OS. The van der Waals surface area contributed by atoms with Crippen LogP contribution in [0.4, 0.5) is 0 Å². The van der Waals surface area contributed by atoms with E-state index in [0.717, 1.165) is 23.7 Å². The van der Waals surface area contributed by atoms with Crippen LogP contribution in [-0.2, 0) is 13.1 Å². The van der Waals surface area contributed by atoms with Gasteiger partial charge in [0.2, 0.25) is 0 Å². The van der Waals surface area contributed by atoms with E-state index in [1.54, 1.807) is 18.4 Å². The van der Waals surface area contributed by atoms with E-state index in [-0.39, 0.29) is 0 Å². The zero-order chi connectivity index (χ0) is 14.7. The van der Waals surface area contributed by atoms with Gasteiger partial charge in [0.15, 0.2) is 0 Å². The molecule has 21 heavy (non-hydrogen) atoms. The average molecular weight is 299 g/mol. The van der Waals surface area contributed by atoms with Crippen LogP contribution in [0.5, 0.6) is 5.75 Å². The number of hydrogen-bond donors (Lipinski definition) is 1. The predicted octanol–water partition coefficient (Wildman–Crippen LogP) is 3.13. The Kier molecular flexibility index (Phi) is 4.03. The number of nitrogens with zero attached hydrogens (tertiary/aromatic N) is 2. The standard InChI is InChI=1S/C16H17N3OS/c1-20-14-9-12(4-5-13(14)10-17)11-19-7-6-18-16(19)15-3-2-8-21-15/h2-9H,10-11,17H2,1H3. The molecule has 0 aliphatic carbocycles. The maximum Gasteiger partial charge on any atom is 0.150 e. The molecule has 0 amide bonds. The van der Waals surface area contributed by atoms with Gasteiger partial charge in [-0.3, -0.25) is 0 Å². The summed E-state index contributed by atoms with van der Waals surface area (Å²) in [4.78, 5) is 5.63. The van der Waals surface area contributed by atoms with Gasteiger partial charge in [-0.05, 0) is 23.1 Å². The molecule has 4 nitrogen and oxygen atoms in total. The van der Waals surface area contributed by atoms with Gasteiger partial charge < -0.3 is 15.0 Å². The Morgan fingerprint density at radius 2 is 2.24 bits per heavy atom. The summed E-state index contributed by atoms with van der Waals surface area (Å²) < 4.78 is 7.54. The maximum atomic E-state index is 5.71. The van der Waals surface area contributed by atoms with E-state index in [1.807, 2.05) is 30.6 Å². The number of methoxy groups -OCH3 is 1. The zero-order valence-corrected chi connectivity index (χ0v) is 12.6. The van der Waals surface area contributed by atoms with Crippen LogP contribution in [0.25, 0.3) is 10.7 Å². The van der Waals surface area contributed by atoms with Crippen molar-refractivity contribution in [2.24, 2.45) is 5.73 Å². The number of benzene rings is 1. The number of ether oxygens (including phenoxy) is 1. The van der Waals surface area contributed by atoms with Gasteiger partial charge in [-0.15, -0.1) is 11.3 Å². The minimum absolute atomic E-state index is 0.481. The van der Waals surface area contributed by atoms with Crippen LogP contribution in [0.1, 0.15) is 11.1 Å². The Hall–Kier alpha value is -2.11. The third kappa shape index (κ3) is 2.84. The molecule has 2 N–H and O–H groups in total. The summed E-state index contributed by atoms with van der Waals surface area (Å²) in [5.74, 6) is 1.83. The summed E-state index contributed by atoms with van der Waals surface area (Å²) in [6, 6.07) is 10.3. The highest BCUT2D eigenvalue weighted by Crippen LogP contribution is 2.25. The van der Waals surface area contributed by atoms with E-state index in [9.17, 15) is 0 Å². The van der Waals surface area contributed by atoms with Crippen LogP contribution in [0.3, 0.4) is 0 Å². The molecule has 0 spiro atoms. The smallest absolute Gasteiger partial charge is 0.150 e. The van der Waals surface area contributed by atoms with Crippen LogP contribution >= 0.6 is 11.3 Å². The molecule has 0 saturated carbocycles. The van der Waals surface area contributed by atoms with Crippen molar-refractivity contribution < 1.29 is 4.74 Å². The van der Waals surface area contributed by atoms with Crippen molar-refractivity contribution in [3.8, 4) is 16.5 Å². The van der Waals surface area contributed by atoms with Crippen molar-refractivity contribution in [1.82, 2.24) is 9.55 Å². The van der Waals surface area contributed by atoms with Gasteiger partial charge in [-0.1, -0.05) is 18.2 Å². The van der Waals surface area contributed by atoms with Crippen LogP contribution in [0, 0.1) is 0 Å². The van der Waals surface area contributed by atoms with Crippen LogP contribution < -0.4 is 10.5 Å². The first kappa shape index (κ1) is 13.9. The molecule has 0 bridgehead atoms. The van der Waals surface area contributed by atoms with Gasteiger partial charge in [0.25, 0.3) is 0 Å². The lowest BCUT2D eigenvalue weighted by Crippen LogP contribution is -2.03. The van der Waals surface area contributed by atoms with Gasteiger partial charge in [0, 0.05) is 31.0 Å². The molecule has 0 saturated heterocycles. The first-order chi connectivity index (χ1) is 10.3.